The molecular weight excluding hydrogens is 298 g/mol. The minimum atomic E-state index is -0.430. The fourth-order valence-electron chi connectivity index (χ4n) is 2.26. The Bertz CT molecular complexity index is 640. The van der Waals surface area contributed by atoms with Crippen LogP contribution in [0.5, 0.6) is 0 Å². The molecule has 23 heavy (non-hydrogen) atoms. The van der Waals surface area contributed by atoms with E-state index < -0.39 is 4.92 Å². The van der Waals surface area contributed by atoms with E-state index in [-0.39, 0.29) is 18.9 Å². The highest BCUT2D eigenvalue weighted by atomic mass is 16.6. The zero-order chi connectivity index (χ0) is 16.7. The molecule has 0 amide bonds. The van der Waals surface area contributed by atoms with Gasteiger partial charge < -0.3 is 20.4 Å². The number of nitrogens with zero attached hydrogens (tertiary/aromatic N) is 2. The van der Waals surface area contributed by atoms with Crippen LogP contribution in [0.2, 0.25) is 0 Å². The topological polar surface area (TPSA) is 98.9 Å². The molecule has 2 aromatic rings. The lowest BCUT2D eigenvalue weighted by Gasteiger charge is -2.23. The number of nitro groups is 1. The van der Waals surface area contributed by atoms with Crippen LogP contribution in [-0.4, -0.2) is 41.4 Å². The van der Waals surface area contributed by atoms with Crippen molar-refractivity contribution in [2.24, 2.45) is 0 Å². The second-order valence-corrected chi connectivity index (χ2v) is 4.88. The molecule has 0 aromatic heterocycles. The van der Waals surface area contributed by atoms with Crippen molar-refractivity contribution in [2.45, 2.75) is 0 Å². The number of para-hydroxylation sites is 2. The summed E-state index contributed by atoms with van der Waals surface area (Å²) < 4.78 is 0. The van der Waals surface area contributed by atoms with Gasteiger partial charge in [0.25, 0.3) is 5.69 Å². The smallest absolute Gasteiger partial charge is 0.292 e. The van der Waals surface area contributed by atoms with Gasteiger partial charge in [0, 0.05) is 30.5 Å². The molecule has 3 N–H and O–H groups in total. The number of benzene rings is 2. The van der Waals surface area contributed by atoms with E-state index in [4.69, 9.17) is 10.2 Å². The van der Waals surface area contributed by atoms with E-state index in [9.17, 15) is 10.1 Å². The molecular formula is C16H19N3O4. The van der Waals surface area contributed by atoms with Crippen LogP contribution < -0.4 is 10.2 Å². The third-order valence-corrected chi connectivity index (χ3v) is 3.35. The van der Waals surface area contributed by atoms with Crippen molar-refractivity contribution >= 4 is 22.7 Å². The number of aliphatic hydroxyl groups excluding tert-OH is 2. The van der Waals surface area contributed by atoms with Gasteiger partial charge in [-0.25, -0.2) is 0 Å². The van der Waals surface area contributed by atoms with E-state index in [0.717, 1.165) is 11.4 Å². The van der Waals surface area contributed by atoms with Crippen molar-refractivity contribution in [1.82, 2.24) is 0 Å². The normalized spacial score (nSPS) is 10.3. The largest absolute Gasteiger partial charge is 0.395 e. The summed E-state index contributed by atoms with van der Waals surface area (Å²) in [7, 11) is 0. The fraction of sp³-hybridized carbons (Fsp3) is 0.250. The second kappa shape index (κ2) is 8.11. The lowest BCUT2D eigenvalue weighted by Crippen LogP contribution is -2.29. The maximum absolute atomic E-state index is 11.0. The van der Waals surface area contributed by atoms with Gasteiger partial charge in [0.15, 0.2) is 0 Å². The van der Waals surface area contributed by atoms with Crippen LogP contribution in [0.4, 0.5) is 22.7 Å². The standard InChI is InChI=1S/C16H19N3O4/c20-11-9-18(10-12-21)14-7-5-13(6-8-14)17-15-3-1-2-4-16(15)19(22)23/h1-8,17,20-21H,9-12H2. The second-order valence-electron chi connectivity index (χ2n) is 4.88. The van der Waals surface area contributed by atoms with Gasteiger partial charge in [-0.05, 0) is 30.3 Å². The Hall–Kier alpha value is -2.64. The summed E-state index contributed by atoms with van der Waals surface area (Å²) in [4.78, 5) is 12.4. The minimum absolute atomic E-state index is 0.00376. The monoisotopic (exact) mass is 317 g/mol. The zero-order valence-electron chi connectivity index (χ0n) is 12.6. The Morgan fingerprint density at radius 3 is 2.17 bits per heavy atom. The molecule has 0 spiro atoms. The summed E-state index contributed by atoms with van der Waals surface area (Å²) in [5, 5.41) is 32.2. The number of rotatable bonds is 8. The third-order valence-electron chi connectivity index (χ3n) is 3.35. The predicted octanol–water partition coefficient (Wildman–Crippen LogP) is 2.13. The Morgan fingerprint density at radius 2 is 1.61 bits per heavy atom. The highest BCUT2D eigenvalue weighted by Gasteiger charge is 2.12. The first-order chi connectivity index (χ1) is 11.2. The quantitative estimate of drug-likeness (QED) is 0.509. The summed E-state index contributed by atoms with van der Waals surface area (Å²) in [6.45, 7) is 0.849. The molecule has 0 unspecified atom stereocenters. The minimum Gasteiger partial charge on any atom is -0.395 e. The number of nitro benzene ring substituents is 1. The van der Waals surface area contributed by atoms with Gasteiger partial charge in [-0.3, -0.25) is 10.1 Å². The predicted molar refractivity (Wildman–Crippen MR) is 89.2 cm³/mol. The average Bonchev–Trinajstić information content (AvgIpc) is 2.56. The Morgan fingerprint density at radius 1 is 1.00 bits per heavy atom. The Balaban J connectivity index is 2.15. The molecule has 0 saturated carbocycles. The fourth-order valence-corrected chi connectivity index (χ4v) is 2.26. The van der Waals surface area contributed by atoms with Crippen LogP contribution in [0.25, 0.3) is 0 Å². The molecule has 0 saturated heterocycles. The molecule has 0 aliphatic rings. The van der Waals surface area contributed by atoms with Crippen LogP contribution >= 0.6 is 0 Å². The molecule has 0 fully saturated rings. The van der Waals surface area contributed by atoms with Gasteiger partial charge in [0.2, 0.25) is 0 Å². The summed E-state index contributed by atoms with van der Waals surface area (Å²) in [6, 6.07) is 13.7. The van der Waals surface area contributed by atoms with Crippen molar-refractivity contribution < 1.29 is 15.1 Å². The number of anilines is 3. The summed E-state index contributed by atoms with van der Waals surface area (Å²) in [5.41, 5.74) is 2.02. The number of hydrogen-bond donors (Lipinski definition) is 3. The average molecular weight is 317 g/mol. The van der Waals surface area contributed by atoms with Crippen molar-refractivity contribution in [1.29, 1.82) is 0 Å². The van der Waals surface area contributed by atoms with Crippen molar-refractivity contribution in [3.05, 3.63) is 58.6 Å². The van der Waals surface area contributed by atoms with Gasteiger partial charge >= 0.3 is 0 Å². The lowest BCUT2D eigenvalue weighted by atomic mass is 10.2. The van der Waals surface area contributed by atoms with Crippen LogP contribution in [0.1, 0.15) is 0 Å². The molecule has 0 atom stereocenters. The lowest BCUT2D eigenvalue weighted by molar-refractivity contribution is -0.383. The summed E-state index contributed by atoms with van der Waals surface area (Å²) in [5.74, 6) is 0. The van der Waals surface area contributed by atoms with Gasteiger partial charge in [-0.15, -0.1) is 0 Å². The number of hydrogen-bond acceptors (Lipinski definition) is 6. The third kappa shape index (κ3) is 4.41. The Kier molecular flexibility index (Phi) is 5.90. The van der Waals surface area contributed by atoms with E-state index in [0.29, 0.717) is 18.8 Å². The molecule has 2 rings (SSSR count). The molecule has 0 aliphatic carbocycles. The molecule has 0 radical (unpaired) electrons. The van der Waals surface area contributed by atoms with E-state index in [1.54, 1.807) is 30.3 Å². The van der Waals surface area contributed by atoms with E-state index in [1.807, 2.05) is 17.0 Å². The molecule has 0 bridgehead atoms. The zero-order valence-corrected chi connectivity index (χ0v) is 12.6. The summed E-state index contributed by atoms with van der Waals surface area (Å²) >= 11 is 0. The van der Waals surface area contributed by atoms with Crippen molar-refractivity contribution in [3.8, 4) is 0 Å². The molecule has 122 valence electrons. The van der Waals surface area contributed by atoms with Crippen LogP contribution in [-0.2, 0) is 0 Å². The maximum Gasteiger partial charge on any atom is 0.292 e. The van der Waals surface area contributed by atoms with Crippen LogP contribution in [0.3, 0.4) is 0 Å². The van der Waals surface area contributed by atoms with Crippen LogP contribution in [0.15, 0.2) is 48.5 Å². The highest BCUT2D eigenvalue weighted by molar-refractivity contribution is 5.70. The number of nitrogens with one attached hydrogen (secondary N) is 1. The molecule has 0 aliphatic heterocycles. The van der Waals surface area contributed by atoms with E-state index in [2.05, 4.69) is 5.32 Å². The first kappa shape index (κ1) is 16.7. The Labute approximate surface area is 133 Å². The van der Waals surface area contributed by atoms with E-state index in [1.165, 1.54) is 6.07 Å². The first-order valence-electron chi connectivity index (χ1n) is 7.23. The van der Waals surface area contributed by atoms with Gasteiger partial charge in [0.1, 0.15) is 5.69 Å². The summed E-state index contributed by atoms with van der Waals surface area (Å²) in [6.07, 6.45) is 0. The van der Waals surface area contributed by atoms with Crippen molar-refractivity contribution in [2.75, 3.05) is 36.5 Å². The van der Waals surface area contributed by atoms with Gasteiger partial charge in [-0.2, -0.15) is 0 Å². The molecule has 7 heteroatoms. The molecule has 0 heterocycles. The van der Waals surface area contributed by atoms with Crippen LogP contribution in [0, 0.1) is 10.1 Å². The van der Waals surface area contributed by atoms with Crippen molar-refractivity contribution in [3.63, 3.8) is 0 Å². The SMILES string of the molecule is O=[N+]([O-])c1ccccc1Nc1ccc(N(CCO)CCO)cc1. The molecule has 2 aromatic carbocycles. The van der Waals surface area contributed by atoms with E-state index >= 15 is 0 Å². The van der Waals surface area contributed by atoms with Gasteiger partial charge in [0.05, 0.1) is 18.1 Å². The maximum atomic E-state index is 11.0. The highest BCUT2D eigenvalue weighted by Crippen LogP contribution is 2.28. The number of aliphatic hydroxyl groups is 2. The molecule has 7 nitrogen and oxygen atoms in total. The first-order valence-corrected chi connectivity index (χ1v) is 7.23. The van der Waals surface area contributed by atoms with Gasteiger partial charge in [-0.1, -0.05) is 12.1 Å².